The molecule has 2 atom stereocenters. The average molecular weight is 459 g/mol. The number of fused-ring (bicyclic) bond motifs is 3. The number of benzene rings is 2. The van der Waals surface area contributed by atoms with E-state index in [4.69, 9.17) is 11.6 Å². The molecule has 2 amide bonds. The molecule has 2 unspecified atom stereocenters. The van der Waals surface area contributed by atoms with Gasteiger partial charge in [-0.25, -0.2) is 14.3 Å². The Morgan fingerprint density at radius 1 is 1.32 bits per heavy atom. The predicted octanol–water partition coefficient (Wildman–Crippen LogP) is 5.00. The normalized spacial score (nSPS) is 18.1. The molecule has 0 saturated carbocycles. The van der Waals surface area contributed by atoms with E-state index in [1.807, 2.05) is 31.2 Å². The van der Waals surface area contributed by atoms with Crippen molar-refractivity contribution in [2.24, 2.45) is 9.98 Å². The number of carbonyl (C=O) groups is 2. The molecule has 0 saturated heterocycles. The van der Waals surface area contributed by atoms with Crippen molar-refractivity contribution in [3.63, 3.8) is 0 Å². The molecule has 2 aromatic carbocycles. The number of hydrogen-bond acceptors (Lipinski definition) is 5. The Morgan fingerprint density at radius 3 is 2.84 bits per heavy atom. The summed E-state index contributed by atoms with van der Waals surface area (Å²) in [5.41, 5.74) is 1.53. The van der Waals surface area contributed by atoms with Gasteiger partial charge in [0, 0.05) is 10.6 Å². The van der Waals surface area contributed by atoms with Gasteiger partial charge in [0.15, 0.2) is 5.17 Å². The Balaban J connectivity index is 1.58. The van der Waals surface area contributed by atoms with E-state index in [0.717, 1.165) is 29.8 Å². The molecule has 2 heterocycles. The van der Waals surface area contributed by atoms with Gasteiger partial charge >= 0.3 is 0 Å². The molecule has 2 aromatic rings. The smallest absolute Gasteiger partial charge is 0.259 e. The van der Waals surface area contributed by atoms with Crippen LogP contribution in [-0.4, -0.2) is 39.0 Å². The Bertz CT molecular complexity index is 1120. The molecule has 0 fully saturated rings. The molecular weight excluding hydrogens is 439 g/mol. The van der Waals surface area contributed by atoms with Gasteiger partial charge in [-0.1, -0.05) is 48.8 Å². The Kier molecular flexibility index (Phi) is 6.11. The van der Waals surface area contributed by atoms with Crippen LogP contribution in [0.5, 0.6) is 0 Å². The van der Waals surface area contributed by atoms with Crippen molar-refractivity contribution in [3.05, 3.63) is 58.9 Å². The van der Waals surface area contributed by atoms with E-state index in [1.54, 1.807) is 6.92 Å². The molecule has 9 heteroatoms. The third-order valence-corrected chi connectivity index (χ3v) is 6.24. The lowest BCUT2D eigenvalue weighted by atomic mass is 10.1. The summed E-state index contributed by atoms with van der Waals surface area (Å²) in [6, 6.07) is 11.1. The summed E-state index contributed by atoms with van der Waals surface area (Å²) in [4.78, 5) is 36.5. The van der Waals surface area contributed by atoms with E-state index in [2.05, 4.69) is 15.3 Å². The number of carbonyl (C=O) groups excluding carboxylic acids is 2. The minimum atomic E-state index is -0.640. The standard InChI is InChI=1S/C22H20ClFN4O2S/c1-3-6-18-21(30)28-19(25-18)14-7-4-5-8-16(14)27-22(28)31-12(2)20(29)26-17-10-9-13(23)11-15(17)24/h4-5,7-12,18H,3,6H2,1-2H3,(H,26,29). The second kappa shape index (κ2) is 8.80. The summed E-state index contributed by atoms with van der Waals surface area (Å²) in [7, 11) is 0. The van der Waals surface area contributed by atoms with Crippen LogP contribution in [0, 0.1) is 5.82 Å². The van der Waals surface area contributed by atoms with Crippen LogP contribution in [-0.2, 0) is 9.59 Å². The summed E-state index contributed by atoms with van der Waals surface area (Å²) in [6.45, 7) is 3.68. The molecule has 0 aromatic heterocycles. The summed E-state index contributed by atoms with van der Waals surface area (Å²) in [6.07, 6.45) is 1.47. The lowest BCUT2D eigenvalue weighted by Crippen LogP contribution is -2.42. The van der Waals surface area contributed by atoms with Crippen LogP contribution in [0.3, 0.4) is 0 Å². The van der Waals surface area contributed by atoms with Gasteiger partial charge in [0.25, 0.3) is 5.91 Å². The first-order chi connectivity index (χ1) is 14.9. The van der Waals surface area contributed by atoms with Gasteiger partial charge in [-0.15, -0.1) is 0 Å². The number of thioether (sulfide) groups is 1. The molecule has 0 radical (unpaired) electrons. The van der Waals surface area contributed by atoms with Crippen LogP contribution >= 0.6 is 23.4 Å². The highest BCUT2D eigenvalue weighted by atomic mass is 35.5. The summed E-state index contributed by atoms with van der Waals surface area (Å²) < 4.78 is 14.0. The van der Waals surface area contributed by atoms with E-state index in [0.29, 0.717) is 23.1 Å². The highest BCUT2D eigenvalue weighted by molar-refractivity contribution is 8.15. The zero-order chi connectivity index (χ0) is 22.1. The zero-order valence-corrected chi connectivity index (χ0v) is 18.5. The number of nitrogens with zero attached hydrogens (tertiary/aromatic N) is 3. The quantitative estimate of drug-likeness (QED) is 0.685. The highest BCUT2D eigenvalue weighted by Crippen LogP contribution is 2.35. The van der Waals surface area contributed by atoms with Crippen LogP contribution < -0.4 is 5.32 Å². The minimum Gasteiger partial charge on any atom is -0.323 e. The Labute approximate surface area is 188 Å². The van der Waals surface area contributed by atoms with Crippen LogP contribution in [0.25, 0.3) is 0 Å². The molecule has 2 aliphatic heterocycles. The highest BCUT2D eigenvalue weighted by Gasteiger charge is 2.41. The second-order valence-electron chi connectivity index (χ2n) is 7.22. The SMILES string of the molecule is CCCC1N=C2c3ccccc3N=C(SC(C)C(=O)Nc3ccc(Cl)cc3F)N2C1=O. The van der Waals surface area contributed by atoms with E-state index < -0.39 is 23.0 Å². The fraction of sp³-hybridized carbons (Fsp3) is 0.273. The number of hydrogen-bond donors (Lipinski definition) is 1. The van der Waals surface area contributed by atoms with Crippen LogP contribution in [0.1, 0.15) is 32.3 Å². The van der Waals surface area contributed by atoms with E-state index >= 15 is 0 Å². The van der Waals surface area contributed by atoms with Crippen molar-refractivity contribution in [2.45, 2.75) is 38.0 Å². The molecule has 6 nitrogen and oxygen atoms in total. The van der Waals surface area contributed by atoms with Gasteiger partial charge in [-0.2, -0.15) is 0 Å². The second-order valence-corrected chi connectivity index (χ2v) is 8.96. The first kappa shape index (κ1) is 21.5. The third-order valence-electron chi connectivity index (χ3n) is 4.95. The predicted molar refractivity (Wildman–Crippen MR) is 123 cm³/mol. The molecule has 2 aliphatic rings. The molecule has 4 rings (SSSR count). The lowest BCUT2D eigenvalue weighted by molar-refractivity contribution is -0.124. The number of halogens is 2. The molecular formula is C22H20ClFN4O2S. The fourth-order valence-corrected chi connectivity index (χ4v) is 4.45. The molecule has 0 aliphatic carbocycles. The van der Waals surface area contributed by atoms with Crippen molar-refractivity contribution in [1.29, 1.82) is 0 Å². The maximum Gasteiger partial charge on any atom is 0.259 e. The van der Waals surface area contributed by atoms with Crippen LogP contribution in [0.4, 0.5) is 15.8 Å². The molecule has 31 heavy (non-hydrogen) atoms. The van der Waals surface area contributed by atoms with E-state index in [9.17, 15) is 14.0 Å². The zero-order valence-electron chi connectivity index (χ0n) is 16.9. The first-order valence-electron chi connectivity index (χ1n) is 9.91. The number of nitrogens with one attached hydrogen (secondary N) is 1. The van der Waals surface area contributed by atoms with Crippen molar-refractivity contribution >= 4 is 57.6 Å². The summed E-state index contributed by atoms with van der Waals surface area (Å²) in [5, 5.41) is 2.56. The van der Waals surface area contributed by atoms with Gasteiger partial charge < -0.3 is 5.32 Å². The largest absolute Gasteiger partial charge is 0.323 e. The maximum absolute atomic E-state index is 14.0. The number of amidine groups is 2. The van der Waals surface area contributed by atoms with Gasteiger partial charge in [0.05, 0.1) is 16.6 Å². The number of para-hydroxylation sites is 1. The van der Waals surface area contributed by atoms with Gasteiger partial charge in [-0.05, 0) is 43.7 Å². The average Bonchev–Trinajstić information content (AvgIpc) is 3.07. The fourth-order valence-electron chi connectivity index (χ4n) is 3.38. The number of amides is 2. The first-order valence-corrected chi connectivity index (χ1v) is 11.2. The topological polar surface area (TPSA) is 74.1 Å². The third kappa shape index (κ3) is 4.22. The van der Waals surface area contributed by atoms with Gasteiger partial charge in [0.2, 0.25) is 5.91 Å². The van der Waals surface area contributed by atoms with Gasteiger partial charge in [-0.3, -0.25) is 14.6 Å². The van der Waals surface area contributed by atoms with Crippen LogP contribution in [0.15, 0.2) is 52.4 Å². The van der Waals surface area contributed by atoms with Crippen LogP contribution in [0.2, 0.25) is 5.02 Å². The summed E-state index contributed by atoms with van der Waals surface area (Å²) in [5.74, 6) is -0.613. The van der Waals surface area contributed by atoms with Crippen molar-refractivity contribution < 1.29 is 14.0 Å². The van der Waals surface area contributed by atoms with E-state index in [1.165, 1.54) is 17.0 Å². The van der Waals surface area contributed by atoms with Crippen molar-refractivity contribution in [1.82, 2.24) is 4.90 Å². The Hall–Kier alpha value is -2.71. The summed E-state index contributed by atoms with van der Waals surface area (Å²) >= 11 is 6.90. The monoisotopic (exact) mass is 458 g/mol. The van der Waals surface area contributed by atoms with E-state index in [-0.39, 0.29) is 16.6 Å². The van der Waals surface area contributed by atoms with Gasteiger partial charge in [0.1, 0.15) is 17.7 Å². The lowest BCUT2D eigenvalue weighted by Gasteiger charge is -2.26. The Morgan fingerprint density at radius 2 is 2.10 bits per heavy atom. The van der Waals surface area contributed by atoms with Crippen molar-refractivity contribution in [2.75, 3.05) is 5.32 Å². The number of aliphatic imine (C=N–C) groups is 2. The minimum absolute atomic E-state index is 0.0419. The molecule has 0 bridgehead atoms. The molecule has 1 N–H and O–H groups in total. The number of rotatable bonds is 5. The number of anilines is 1. The molecule has 0 spiro atoms. The maximum atomic E-state index is 14.0. The van der Waals surface area contributed by atoms with Crippen molar-refractivity contribution in [3.8, 4) is 0 Å². The molecule has 160 valence electrons.